The highest BCUT2D eigenvalue weighted by Crippen LogP contribution is 2.18. The monoisotopic (exact) mass is 186 g/mol. The Hall–Kier alpha value is -1.41. The summed E-state index contributed by atoms with van der Waals surface area (Å²) in [6.07, 6.45) is 0.873. The maximum Gasteiger partial charge on any atom is 0.108 e. The lowest BCUT2D eigenvalue weighted by atomic mass is 10.1. The molecule has 0 amide bonds. The average molecular weight is 186 g/mol. The summed E-state index contributed by atoms with van der Waals surface area (Å²) in [6, 6.07) is 9.70. The number of hydrogen-bond donors (Lipinski definition) is 0. The number of rotatable bonds is 2. The smallest absolute Gasteiger partial charge is 0.108 e. The van der Waals surface area contributed by atoms with Crippen LogP contribution in [0.5, 0.6) is 0 Å². The predicted octanol–water partition coefficient (Wildman–Crippen LogP) is 2.73. The minimum Gasteiger partial charge on any atom is -0.253 e. The molecule has 0 N–H and O–H groups in total. The van der Waals surface area contributed by atoms with Crippen molar-refractivity contribution in [3.8, 4) is 0 Å². The molecule has 0 aliphatic rings. The van der Waals surface area contributed by atoms with Crippen LogP contribution in [0.3, 0.4) is 0 Å². The molecule has 1 radical (unpaired) electrons. The number of pyridine rings is 1. The zero-order valence-corrected chi connectivity index (χ0v) is 8.16. The van der Waals surface area contributed by atoms with Crippen molar-refractivity contribution in [2.75, 3.05) is 0 Å². The van der Waals surface area contributed by atoms with E-state index in [4.69, 9.17) is 0 Å². The molecule has 2 aromatic rings. The van der Waals surface area contributed by atoms with Crippen LogP contribution in [0.1, 0.15) is 18.2 Å². The number of benzene rings is 1. The van der Waals surface area contributed by atoms with Gasteiger partial charge >= 0.3 is 0 Å². The molecule has 71 valence electrons. The van der Waals surface area contributed by atoms with E-state index in [1.54, 1.807) is 0 Å². The van der Waals surface area contributed by atoms with E-state index in [2.05, 4.69) is 4.98 Å². The predicted molar refractivity (Wildman–Crippen MR) is 55.5 cm³/mol. The highest BCUT2D eigenvalue weighted by Gasteiger charge is 2.03. The van der Waals surface area contributed by atoms with E-state index in [0.717, 1.165) is 28.6 Å². The number of nitrogens with zero attached hydrogens (tertiary/aromatic N) is 1. The van der Waals surface area contributed by atoms with Gasteiger partial charge in [-0.15, -0.1) is 0 Å². The van der Waals surface area contributed by atoms with Gasteiger partial charge in [-0.1, -0.05) is 25.1 Å². The molecular formula is C12H12NO. The van der Waals surface area contributed by atoms with Gasteiger partial charge in [-0.3, -0.25) is 4.98 Å². The zero-order chi connectivity index (χ0) is 9.97. The van der Waals surface area contributed by atoms with Crippen LogP contribution >= 0.6 is 0 Å². The normalized spacial score (nSPS) is 10.7. The number of aryl methyl sites for hydroxylation is 1. The third-order valence-corrected chi connectivity index (χ3v) is 2.37. The average Bonchev–Trinajstić information content (AvgIpc) is 2.27. The highest BCUT2D eigenvalue weighted by atomic mass is 16.3. The number of fused-ring (bicyclic) bond motifs is 1. The summed E-state index contributed by atoms with van der Waals surface area (Å²) in [4.78, 5) is 4.46. The van der Waals surface area contributed by atoms with E-state index in [-0.39, 0.29) is 6.61 Å². The van der Waals surface area contributed by atoms with Crippen molar-refractivity contribution < 1.29 is 5.11 Å². The number of hydrogen-bond acceptors (Lipinski definition) is 1. The van der Waals surface area contributed by atoms with Crippen LogP contribution in [0.15, 0.2) is 30.3 Å². The quantitative estimate of drug-likeness (QED) is 0.709. The molecular weight excluding hydrogens is 174 g/mol. The molecule has 0 unspecified atom stereocenters. The molecule has 0 saturated carbocycles. The van der Waals surface area contributed by atoms with Gasteiger partial charge in [0.2, 0.25) is 0 Å². The molecule has 1 heterocycles. The standard InChI is InChI=1S/C12H12NO/c1-2-10-7-9(8-14)11-5-3-4-6-12(11)13-10/h3-7H,2,8H2,1H3. The summed E-state index contributed by atoms with van der Waals surface area (Å²) < 4.78 is 0. The molecule has 0 aliphatic carbocycles. The van der Waals surface area contributed by atoms with Gasteiger partial charge in [0.15, 0.2) is 0 Å². The number of para-hydroxylation sites is 1. The first-order valence-corrected chi connectivity index (χ1v) is 4.80. The minimum absolute atomic E-state index is 0.171. The maximum atomic E-state index is 11.0. The first-order chi connectivity index (χ1) is 6.85. The fourth-order valence-corrected chi connectivity index (χ4v) is 1.61. The molecule has 0 aliphatic heterocycles. The summed E-state index contributed by atoms with van der Waals surface area (Å²) >= 11 is 0. The van der Waals surface area contributed by atoms with Crippen molar-refractivity contribution in [1.29, 1.82) is 0 Å². The Balaban J connectivity index is 2.73. The summed E-state index contributed by atoms with van der Waals surface area (Å²) in [7, 11) is 0. The highest BCUT2D eigenvalue weighted by molar-refractivity contribution is 5.82. The molecule has 2 nitrogen and oxygen atoms in total. The molecule has 0 atom stereocenters. The maximum absolute atomic E-state index is 11.0. The minimum atomic E-state index is -0.171. The molecule has 0 saturated heterocycles. The second-order valence-corrected chi connectivity index (χ2v) is 3.29. The third-order valence-electron chi connectivity index (χ3n) is 2.37. The van der Waals surface area contributed by atoms with Crippen LogP contribution in [0.25, 0.3) is 10.9 Å². The molecule has 0 fully saturated rings. The van der Waals surface area contributed by atoms with Gasteiger partial charge in [0.25, 0.3) is 0 Å². The van der Waals surface area contributed by atoms with E-state index in [1.165, 1.54) is 0 Å². The Morgan fingerprint density at radius 1 is 1.29 bits per heavy atom. The van der Waals surface area contributed by atoms with Gasteiger partial charge < -0.3 is 0 Å². The Labute approximate surface area is 83.2 Å². The van der Waals surface area contributed by atoms with E-state index in [1.807, 2.05) is 37.3 Å². The topological polar surface area (TPSA) is 32.8 Å². The largest absolute Gasteiger partial charge is 0.253 e. The molecule has 1 aromatic carbocycles. The lowest BCUT2D eigenvalue weighted by molar-refractivity contribution is 0.178. The van der Waals surface area contributed by atoms with Crippen molar-refractivity contribution >= 4 is 10.9 Å². The van der Waals surface area contributed by atoms with Crippen LogP contribution in [0.2, 0.25) is 0 Å². The second kappa shape index (κ2) is 3.76. The fraction of sp³-hybridized carbons (Fsp3) is 0.250. The van der Waals surface area contributed by atoms with E-state index >= 15 is 0 Å². The summed E-state index contributed by atoms with van der Waals surface area (Å²) in [6.45, 7) is 1.88. The van der Waals surface area contributed by atoms with Crippen molar-refractivity contribution in [3.05, 3.63) is 41.6 Å². The van der Waals surface area contributed by atoms with Gasteiger partial charge in [-0.2, -0.15) is 0 Å². The first-order valence-electron chi connectivity index (χ1n) is 4.80. The van der Waals surface area contributed by atoms with Crippen molar-refractivity contribution in [1.82, 2.24) is 4.98 Å². The summed E-state index contributed by atoms with van der Waals surface area (Å²) in [5.41, 5.74) is 2.78. The van der Waals surface area contributed by atoms with Crippen molar-refractivity contribution in [3.63, 3.8) is 0 Å². The molecule has 2 heteroatoms. The van der Waals surface area contributed by atoms with Gasteiger partial charge in [0, 0.05) is 11.1 Å². The third kappa shape index (κ3) is 1.49. The van der Waals surface area contributed by atoms with E-state index in [9.17, 15) is 5.11 Å². The molecule has 0 spiro atoms. The molecule has 0 bridgehead atoms. The first kappa shape index (κ1) is 9.16. The van der Waals surface area contributed by atoms with Gasteiger partial charge in [0.05, 0.1) is 5.52 Å². The van der Waals surface area contributed by atoms with Gasteiger partial charge in [0.1, 0.15) is 6.61 Å². The van der Waals surface area contributed by atoms with E-state index < -0.39 is 0 Å². The lowest BCUT2D eigenvalue weighted by Crippen LogP contribution is -1.93. The van der Waals surface area contributed by atoms with E-state index in [0.29, 0.717) is 0 Å². The van der Waals surface area contributed by atoms with Crippen LogP contribution in [0, 0.1) is 0 Å². The molecule has 14 heavy (non-hydrogen) atoms. The Morgan fingerprint density at radius 3 is 2.79 bits per heavy atom. The fourth-order valence-electron chi connectivity index (χ4n) is 1.61. The Kier molecular flexibility index (Phi) is 2.46. The van der Waals surface area contributed by atoms with Crippen LogP contribution in [0.4, 0.5) is 0 Å². The SMILES string of the molecule is CCc1cc(C[O])c2ccccc2n1. The lowest BCUT2D eigenvalue weighted by Gasteiger charge is -2.05. The zero-order valence-electron chi connectivity index (χ0n) is 8.16. The second-order valence-electron chi connectivity index (χ2n) is 3.29. The Bertz CT molecular complexity index is 451. The van der Waals surface area contributed by atoms with Gasteiger partial charge in [-0.05, 0) is 24.1 Å². The van der Waals surface area contributed by atoms with Crippen molar-refractivity contribution in [2.45, 2.75) is 20.0 Å². The Morgan fingerprint density at radius 2 is 2.07 bits per heavy atom. The molecule has 2 rings (SSSR count). The molecule has 1 aromatic heterocycles. The summed E-state index contributed by atoms with van der Waals surface area (Å²) in [5, 5.41) is 12.0. The summed E-state index contributed by atoms with van der Waals surface area (Å²) in [5.74, 6) is 0. The van der Waals surface area contributed by atoms with Crippen LogP contribution in [-0.2, 0) is 18.1 Å². The van der Waals surface area contributed by atoms with Gasteiger partial charge in [-0.25, -0.2) is 5.11 Å². The van der Waals surface area contributed by atoms with Crippen molar-refractivity contribution in [2.24, 2.45) is 0 Å². The van der Waals surface area contributed by atoms with Crippen LogP contribution in [-0.4, -0.2) is 4.98 Å². The number of aromatic nitrogens is 1. The van der Waals surface area contributed by atoms with Crippen LogP contribution < -0.4 is 0 Å².